The van der Waals surface area contributed by atoms with Crippen molar-refractivity contribution in [2.75, 3.05) is 0 Å². The molecule has 1 nitrogen and oxygen atoms in total. The van der Waals surface area contributed by atoms with Crippen LogP contribution in [0.5, 0.6) is 0 Å². The van der Waals surface area contributed by atoms with Crippen molar-refractivity contribution in [3.05, 3.63) is 56.4 Å². The molecule has 17 heavy (non-hydrogen) atoms. The number of thiophene rings is 1. The van der Waals surface area contributed by atoms with E-state index < -0.39 is 5.60 Å². The van der Waals surface area contributed by atoms with Gasteiger partial charge >= 0.3 is 0 Å². The van der Waals surface area contributed by atoms with Crippen molar-refractivity contribution in [3.63, 3.8) is 0 Å². The third kappa shape index (κ3) is 2.76. The molecule has 1 heterocycles. The molecule has 1 atom stereocenters. The zero-order valence-electron chi connectivity index (χ0n) is 9.28. The molecule has 0 fully saturated rings. The van der Waals surface area contributed by atoms with E-state index in [1.165, 1.54) is 6.07 Å². The summed E-state index contributed by atoms with van der Waals surface area (Å²) in [5, 5.41) is 12.4. The highest BCUT2D eigenvalue weighted by molar-refractivity contribution is 9.10. The Morgan fingerprint density at radius 1 is 1.35 bits per heavy atom. The fraction of sp³-hybridized carbons (Fsp3) is 0.231. The van der Waals surface area contributed by atoms with Gasteiger partial charge < -0.3 is 5.11 Å². The number of benzene rings is 1. The standard InChI is InChI=1S/C13H12BrFOS/c1-13(16,8-12-10(14)6-7-17-12)9-4-2-3-5-11(9)15/h2-7,16H,8H2,1H3. The number of hydrogen-bond donors (Lipinski definition) is 1. The minimum absolute atomic E-state index is 0.334. The van der Waals surface area contributed by atoms with Gasteiger partial charge in [-0.05, 0) is 40.4 Å². The van der Waals surface area contributed by atoms with Gasteiger partial charge in [0.25, 0.3) is 0 Å². The monoisotopic (exact) mass is 314 g/mol. The predicted molar refractivity (Wildman–Crippen MR) is 71.7 cm³/mol. The maximum atomic E-state index is 13.6. The van der Waals surface area contributed by atoms with Crippen molar-refractivity contribution in [1.82, 2.24) is 0 Å². The van der Waals surface area contributed by atoms with Crippen LogP contribution in [0.15, 0.2) is 40.2 Å². The predicted octanol–water partition coefficient (Wildman–Crippen LogP) is 4.10. The molecule has 0 bridgehead atoms. The molecule has 0 radical (unpaired) electrons. The Kier molecular flexibility index (Phi) is 3.66. The molecule has 0 aliphatic carbocycles. The van der Waals surface area contributed by atoms with Crippen LogP contribution < -0.4 is 0 Å². The first-order valence-corrected chi connectivity index (χ1v) is 6.87. The summed E-state index contributed by atoms with van der Waals surface area (Å²) >= 11 is 4.96. The summed E-state index contributed by atoms with van der Waals surface area (Å²) in [7, 11) is 0. The van der Waals surface area contributed by atoms with Gasteiger partial charge in [-0.1, -0.05) is 18.2 Å². The molecule has 1 unspecified atom stereocenters. The SMILES string of the molecule is CC(O)(Cc1sccc1Br)c1ccccc1F. The molecule has 0 aliphatic rings. The summed E-state index contributed by atoms with van der Waals surface area (Å²) in [6, 6.07) is 8.27. The van der Waals surface area contributed by atoms with Crippen LogP contribution in [0.4, 0.5) is 4.39 Å². The second kappa shape index (κ2) is 4.88. The minimum atomic E-state index is -1.20. The third-order valence-corrected chi connectivity index (χ3v) is 4.58. The van der Waals surface area contributed by atoms with Crippen molar-refractivity contribution < 1.29 is 9.50 Å². The lowest BCUT2D eigenvalue weighted by molar-refractivity contribution is 0.0545. The third-order valence-electron chi connectivity index (χ3n) is 2.65. The van der Waals surface area contributed by atoms with Crippen LogP contribution in [-0.2, 0) is 12.0 Å². The first kappa shape index (κ1) is 12.7. The molecule has 1 N–H and O–H groups in total. The van der Waals surface area contributed by atoms with E-state index in [1.54, 1.807) is 36.5 Å². The molecule has 0 spiro atoms. The zero-order valence-corrected chi connectivity index (χ0v) is 11.7. The Balaban J connectivity index is 2.31. The first-order chi connectivity index (χ1) is 8.00. The summed E-state index contributed by atoms with van der Waals surface area (Å²) in [6.07, 6.45) is 0.395. The van der Waals surface area contributed by atoms with E-state index in [0.717, 1.165) is 9.35 Å². The van der Waals surface area contributed by atoms with Gasteiger partial charge in [0, 0.05) is 21.3 Å². The van der Waals surface area contributed by atoms with Gasteiger partial charge in [-0.15, -0.1) is 11.3 Å². The van der Waals surface area contributed by atoms with Crippen molar-refractivity contribution in [2.24, 2.45) is 0 Å². The molecule has 1 aromatic carbocycles. The van der Waals surface area contributed by atoms with Crippen molar-refractivity contribution in [1.29, 1.82) is 0 Å². The van der Waals surface area contributed by atoms with E-state index in [4.69, 9.17) is 0 Å². The average Bonchev–Trinajstić information content (AvgIpc) is 2.64. The van der Waals surface area contributed by atoms with Crippen LogP contribution in [0.25, 0.3) is 0 Å². The molecule has 4 heteroatoms. The van der Waals surface area contributed by atoms with Gasteiger partial charge in [0.2, 0.25) is 0 Å². The van der Waals surface area contributed by atoms with Crippen molar-refractivity contribution >= 4 is 27.3 Å². The smallest absolute Gasteiger partial charge is 0.129 e. The van der Waals surface area contributed by atoms with Crippen LogP contribution in [0.3, 0.4) is 0 Å². The minimum Gasteiger partial charge on any atom is -0.385 e. The Morgan fingerprint density at radius 3 is 2.65 bits per heavy atom. The van der Waals surface area contributed by atoms with E-state index in [9.17, 15) is 9.50 Å². The number of rotatable bonds is 3. The van der Waals surface area contributed by atoms with Gasteiger partial charge in [-0.2, -0.15) is 0 Å². The highest BCUT2D eigenvalue weighted by atomic mass is 79.9. The fourth-order valence-electron chi connectivity index (χ4n) is 1.76. The Labute approximate surface area is 112 Å². The van der Waals surface area contributed by atoms with Crippen molar-refractivity contribution in [2.45, 2.75) is 18.9 Å². The molecule has 0 saturated carbocycles. The topological polar surface area (TPSA) is 20.2 Å². The molecular formula is C13H12BrFOS. The van der Waals surface area contributed by atoms with Crippen LogP contribution in [-0.4, -0.2) is 5.11 Å². The van der Waals surface area contributed by atoms with Gasteiger partial charge in [-0.3, -0.25) is 0 Å². The first-order valence-electron chi connectivity index (χ1n) is 5.20. The summed E-state index contributed by atoms with van der Waals surface area (Å²) in [5.74, 6) is -0.370. The van der Waals surface area contributed by atoms with E-state index in [2.05, 4.69) is 15.9 Å². The number of hydrogen-bond acceptors (Lipinski definition) is 2. The zero-order chi connectivity index (χ0) is 12.5. The highest BCUT2D eigenvalue weighted by Crippen LogP contribution is 2.32. The van der Waals surface area contributed by atoms with E-state index in [-0.39, 0.29) is 5.82 Å². The highest BCUT2D eigenvalue weighted by Gasteiger charge is 2.27. The maximum Gasteiger partial charge on any atom is 0.129 e. The molecule has 2 rings (SSSR count). The Morgan fingerprint density at radius 2 is 2.06 bits per heavy atom. The normalized spacial score (nSPS) is 14.6. The molecule has 90 valence electrons. The lowest BCUT2D eigenvalue weighted by Gasteiger charge is -2.24. The molecule has 2 aromatic rings. The molecule has 0 aliphatic heterocycles. The summed E-state index contributed by atoms with van der Waals surface area (Å²) in [6.45, 7) is 1.64. The van der Waals surface area contributed by atoms with Crippen molar-refractivity contribution in [3.8, 4) is 0 Å². The molecular weight excluding hydrogens is 303 g/mol. The Bertz CT molecular complexity index is 522. The van der Waals surface area contributed by atoms with Crippen LogP contribution in [0.2, 0.25) is 0 Å². The largest absolute Gasteiger partial charge is 0.385 e. The maximum absolute atomic E-state index is 13.6. The molecule has 0 saturated heterocycles. The second-order valence-corrected chi connectivity index (χ2v) is 5.98. The second-order valence-electron chi connectivity index (χ2n) is 4.12. The van der Waals surface area contributed by atoms with E-state index >= 15 is 0 Å². The lowest BCUT2D eigenvalue weighted by Crippen LogP contribution is -2.25. The van der Waals surface area contributed by atoms with Gasteiger partial charge in [0.1, 0.15) is 5.82 Å². The van der Waals surface area contributed by atoms with Crippen LogP contribution >= 0.6 is 27.3 Å². The van der Waals surface area contributed by atoms with Gasteiger partial charge in [0.15, 0.2) is 0 Å². The summed E-state index contributed by atoms with van der Waals surface area (Å²) in [4.78, 5) is 1.01. The number of aliphatic hydroxyl groups is 1. The Hall–Kier alpha value is -0.710. The van der Waals surface area contributed by atoms with Crippen LogP contribution in [0, 0.1) is 5.82 Å². The summed E-state index contributed by atoms with van der Waals surface area (Å²) < 4.78 is 14.6. The van der Waals surface area contributed by atoms with Gasteiger partial charge in [0.05, 0.1) is 5.60 Å². The fourth-order valence-corrected chi connectivity index (χ4v) is 3.40. The lowest BCUT2D eigenvalue weighted by atomic mass is 9.91. The van der Waals surface area contributed by atoms with E-state index in [0.29, 0.717) is 12.0 Å². The van der Waals surface area contributed by atoms with Crippen LogP contribution in [0.1, 0.15) is 17.4 Å². The molecule has 1 aromatic heterocycles. The van der Waals surface area contributed by atoms with E-state index in [1.807, 2.05) is 11.4 Å². The number of halogens is 2. The van der Waals surface area contributed by atoms with Gasteiger partial charge in [-0.25, -0.2) is 4.39 Å². The average molecular weight is 315 g/mol. The quantitative estimate of drug-likeness (QED) is 0.904. The molecule has 0 amide bonds. The summed E-state index contributed by atoms with van der Waals surface area (Å²) in [5.41, 5.74) is -0.862.